The van der Waals surface area contributed by atoms with Gasteiger partial charge in [-0.15, -0.1) is 0 Å². The van der Waals surface area contributed by atoms with Gasteiger partial charge in [-0.3, -0.25) is 4.79 Å². The van der Waals surface area contributed by atoms with E-state index in [1.165, 1.54) is 0 Å². The molecule has 1 atom stereocenters. The third-order valence-corrected chi connectivity index (χ3v) is 6.40. The molecule has 1 amide bonds. The molecule has 164 valence electrons. The summed E-state index contributed by atoms with van der Waals surface area (Å²) in [5.74, 6) is 3.39. The van der Waals surface area contributed by atoms with Crippen LogP contribution in [0.2, 0.25) is 0 Å². The van der Waals surface area contributed by atoms with Gasteiger partial charge >= 0.3 is 0 Å². The zero-order valence-corrected chi connectivity index (χ0v) is 18.8. The number of hydrogen-bond acceptors (Lipinski definition) is 5. The van der Waals surface area contributed by atoms with E-state index in [2.05, 4.69) is 39.2 Å². The molecule has 2 aliphatic heterocycles. The molecule has 1 aromatic carbocycles. The summed E-state index contributed by atoms with van der Waals surface area (Å²) < 4.78 is 5.34. The van der Waals surface area contributed by atoms with Crippen molar-refractivity contribution in [2.75, 3.05) is 31.6 Å². The van der Waals surface area contributed by atoms with Gasteiger partial charge in [-0.1, -0.05) is 24.3 Å². The molecule has 31 heavy (non-hydrogen) atoms. The number of nitrogens with zero attached hydrogens (tertiary/aromatic N) is 4. The predicted octanol–water partition coefficient (Wildman–Crippen LogP) is 3.92. The van der Waals surface area contributed by atoms with Crippen LogP contribution in [-0.2, 0) is 11.3 Å². The SMILES string of the molecule is COc1cccc(CN2CC=CCC(C3CCN(c4cc(C)nc(C)n4)CC3)C2=O)c1. The van der Waals surface area contributed by atoms with Crippen LogP contribution in [0.5, 0.6) is 5.75 Å². The summed E-state index contributed by atoms with van der Waals surface area (Å²) in [5.41, 5.74) is 2.10. The molecule has 0 saturated carbocycles. The molecule has 0 N–H and O–H groups in total. The number of aromatic nitrogens is 2. The molecule has 3 heterocycles. The van der Waals surface area contributed by atoms with Gasteiger partial charge < -0.3 is 14.5 Å². The van der Waals surface area contributed by atoms with E-state index in [1.54, 1.807) is 7.11 Å². The van der Waals surface area contributed by atoms with Crippen molar-refractivity contribution in [3.05, 3.63) is 59.6 Å². The Hall–Kier alpha value is -2.89. The van der Waals surface area contributed by atoms with Gasteiger partial charge in [-0.25, -0.2) is 9.97 Å². The number of rotatable bonds is 5. The Balaban J connectivity index is 1.42. The maximum Gasteiger partial charge on any atom is 0.226 e. The highest BCUT2D eigenvalue weighted by Crippen LogP contribution is 2.32. The highest BCUT2D eigenvalue weighted by molar-refractivity contribution is 5.80. The van der Waals surface area contributed by atoms with Gasteiger partial charge in [0.2, 0.25) is 5.91 Å². The molecule has 0 aliphatic carbocycles. The molecule has 1 saturated heterocycles. The van der Waals surface area contributed by atoms with E-state index in [0.29, 0.717) is 19.0 Å². The highest BCUT2D eigenvalue weighted by Gasteiger charge is 2.34. The van der Waals surface area contributed by atoms with Gasteiger partial charge in [0, 0.05) is 43.9 Å². The van der Waals surface area contributed by atoms with Crippen molar-refractivity contribution in [3.8, 4) is 5.75 Å². The van der Waals surface area contributed by atoms with Crippen LogP contribution in [0.4, 0.5) is 5.82 Å². The molecule has 1 fully saturated rings. The van der Waals surface area contributed by atoms with Crippen molar-refractivity contribution in [1.29, 1.82) is 0 Å². The molecule has 0 bridgehead atoms. The van der Waals surface area contributed by atoms with E-state index in [1.807, 2.05) is 36.9 Å². The first kappa shape index (κ1) is 21.3. The highest BCUT2D eigenvalue weighted by atomic mass is 16.5. The van der Waals surface area contributed by atoms with Gasteiger partial charge in [0.1, 0.15) is 17.4 Å². The molecule has 1 aromatic heterocycles. The third-order valence-electron chi connectivity index (χ3n) is 6.40. The molecule has 6 nitrogen and oxygen atoms in total. The normalized spacial score (nSPS) is 20.1. The fraction of sp³-hybridized carbons (Fsp3) is 0.480. The molecule has 0 radical (unpaired) electrons. The van der Waals surface area contributed by atoms with Crippen LogP contribution in [0.15, 0.2) is 42.5 Å². The van der Waals surface area contributed by atoms with Gasteiger partial charge in [-0.05, 0) is 56.7 Å². The topological polar surface area (TPSA) is 58.6 Å². The average molecular weight is 421 g/mol. The number of anilines is 1. The molecule has 0 spiro atoms. The second kappa shape index (κ2) is 9.50. The van der Waals surface area contributed by atoms with Gasteiger partial charge in [0.25, 0.3) is 0 Å². The molecule has 4 rings (SSSR count). The van der Waals surface area contributed by atoms with Crippen LogP contribution in [-0.4, -0.2) is 47.5 Å². The maximum absolute atomic E-state index is 13.5. The fourth-order valence-electron chi connectivity index (χ4n) is 4.79. The summed E-state index contributed by atoms with van der Waals surface area (Å²) in [6.45, 7) is 7.11. The average Bonchev–Trinajstić information content (AvgIpc) is 2.95. The van der Waals surface area contributed by atoms with Gasteiger partial charge in [0.05, 0.1) is 7.11 Å². The Kier molecular flexibility index (Phi) is 6.54. The minimum Gasteiger partial charge on any atom is -0.497 e. The van der Waals surface area contributed by atoms with Gasteiger partial charge in [-0.2, -0.15) is 0 Å². The van der Waals surface area contributed by atoms with E-state index in [-0.39, 0.29) is 11.8 Å². The summed E-state index contributed by atoms with van der Waals surface area (Å²) in [7, 11) is 1.67. The van der Waals surface area contributed by atoms with Gasteiger partial charge in [0.15, 0.2) is 0 Å². The van der Waals surface area contributed by atoms with Crippen LogP contribution < -0.4 is 9.64 Å². The zero-order chi connectivity index (χ0) is 21.8. The van der Waals surface area contributed by atoms with Crippen LogP contribution in [0.25, 0.3) is 0 Å². The molecular formula is C25H32N4O2. The number of amides is 1. The number of hydrogen-bond donors (Lipinski definition) is 0. The van der Waals surface area contributed by atoms with Crippen molar-refractivity contribution < 1.29 is 9.53 Å². The minimum atomic E-state index is 0.0559. The maximum atomic E-state index is 13.5. The zero-order valence-electron chi connectivity index (χ0n) is 18.8. The third kappa shape index (κ3) is 5.06. The van der Waals surface area contributed by atoms with E-state index in [4.69, 9.17) is 4.74 Å². The molecule has 6 heteroatoms. The Bertz CT molecular complexity index is 930. The quantitative estimate of drug-likeness (QED) is 0.686. The smallest absolute Gasteiger partial charge is 0.226 e. The van der Waals surface area contributed by atoms with Crippen molar-refractivity contribution in [2.45, 2.75) is 39.7 Å². The number of ether oxygens (including phenoxy) is 1. The first-order valence-electron chi connectivity index (χ1n) is 11.2. The summed E-state index contributed by atoms with van der Waals surface area (Å²) >= 11 is 0. The molecule has 1 unspecified atom stereocenters. The second-order valence-corrected chi connectivity index (χ2v) is 8.62. The van der Waals surface area contributed by atoms with Crippen LogP contribution in [0.1, 0.15) is 36.3 Å². The van der Waals surface area contributed by atoms with Crippen molar-refractivity contribution in [1.82, 2.24) is 14.9 Å². The van der Waals surface area contributed by atoms with E-state index in [9.17, 15) is 4.79 Å². The first-order valence-corrected chi connectivity index (χ1v) is 11.2. The number of carbonyl (C=O) groups is 1. The fourth-order valence-corrected chi connectivity index (χ4v) is 4.79. The Morgan fingerprint density at radius 3 is 2.65 bits per heavy atom. The molecule has 2 aromatic rings. The summed E-state index contributed by atoms with van der Waals surface area (Å²) in [6.07, 6.45) is 7.19. The first-order chi connectivity index (χ1) is 15.0. The summed E-state index contributed by atoms with van der Waals surface area (Å²) in [6, 6.07) is 10.0. The second-order valence-electron chi connectivity index (χ2n) is 8.62. The summed E-state index contributed by atoms with van der Waals surface area (Å²) in [5, 5.41) is 0. The molecular weight excluding hydrogens is 388 g/mol. The Morgan fingerprint density at radius 2 is 1.90 bits per heavy atom. The Labute approximate surface area is 184 Å². The standard InChI is InChI=1S/C25H32N4O2/c1-18-15-24(27-19(2)26-18)28-13-10-21(11-14-28)23-9-4-5-12-29(25(23)30)17-20-7-6-8-22(16-20)31-3/h4-8,15-16,21,23H,9-14,17H2,1-3H3. The van der Waals surface area contributed by atoms with Crippen LogP contribution in [0.3, 0.4) is 0 Å². The Morgan fingerprint density at radius 1 is 1.10 bits per heavy atom. The monoisotopic (exact) mass is 420 g/mol. The van der Waals surface area contributed by atoms with Crippen molar-refractivity contribution in [3.63, 3.8) is 0 Å². The molecule has 2 aliphatic rings. The lowest BCUT2D eigenvalue weighted by atomic mass is 9.81. The lowest BCUT2D eigenvalue weighted by Gasteiger charge is -2.37. The van der Waals surface area contributed by atoms with Crippen LogP contribution >= 0.6 is 0 Å². The van der Waals surface area contributed by atoms with Crippen molar-refractivity contribution >= 4 is 11.7 Å². The number of benzene rings is 1. The van der Waals surface area contributed by atoms with E-state index in [0.717, 1.165) is 61.0 Å². The number of methoxy groups -OCH3 is 1. The largest absolute Gasteiger partial charge is 0.497 e. The number of aryl methyl sites for hydroxylation is 2. The lowest BCUT2D eigenvalue weighted by Crippen LogP contribution is -2.42. The van der Waals surface area contributed by atoms with Crippen LogP contribution in [0, 0.1) is 25.7 Å². The van der Waals surface area contributed by atoms with E-state index >= 15 is 0 Å². The number of carbonyl (C=O) groups excluding carboxylic acids is 1. The minimum absolute atomic E-state index is 0.0559. The number of piperidine rings is 1. The summed E-state index contributed by atoms with van der Waals surface area (Å²) in [4.78, 5) is 26.8. The predicted molar refractivity (Wildman–Crippen MR) is 122 cm³/mol. The van der Waals surface area contributed by atoms with Crippen molar-refractivity contribution in [2.24, 2.45) is 11.8 Å². The lowest BCUT2D eigenvalue weighted by molar-refractivity contribution is -0.137. The van der Waals surface area contributed by atoms with E-state index < -0.39 is 0 Å². The number of allylic oxidation sites excluding steroid dienone is 1.